The van der Waals surface area contributed by atoms with E-state index in [0.717, 1.165) is 37.7 Å². The molecule has 1 N–H and O–H groups in total. The topological polar surface area (TPSA) is 111 Å². The molecule has 2 aromatic rings. The smallest absolute Gasteiger partial charge is 0.338 e. The second-order valence-corrected chi connectivity index (χ2v) is 8.99. The Labute approximate surface area is 202 Å². The van der Waals surface area contributed by atoms with Crippen molar-refractivity contribution in [3.63, 3.8) is 0 Å². The number of ether oxygens (including phenoxy) is 3. The normalized spacial score (nSPS) is 17.8. The molecule has 9 nitrogen and oxygen atoms in total. The van der Waals surface area contributed by atoms with Crippen LogP contribution in [0.5, 0.6) is 11.5 Å². The molecular weight excluding hydrogens is 452 g/mol. The fourth-order valence-electron chi connectivity index (χ4n) is 4.72. The van der Waals surface area contributed by atoms with E-state index in [9.17, 15) is 19.2 Å². The predicted octanol–water partition coefficient (Wildman–Crippen LogP) is 3.21. The number of imide groups is 1. The van der Waals surface area contributed by atoms with Gasteiger partial charge in [0.15, 0.2) is 17.6 Å². The number of carbonyl (C=O) groups excluding carboxylic acids is 4. The summed E-state index contributed by atoms with van der Waals surface area (Å²) in [5.41, 5.74) is 1.43. The summed E-state index contributed by atoms with van der Waals surface area (Å²) < 4.78 is 15.9. The highest BCUT2D eigenvalue weighted by molar-refractivity contribution is 6.22. The van der Waals surface area contributed by atoms with E-state index in [-0.39, 0.29) is 42.3 Å². The first-order chi connectivity index (χ1) is 16.9. The molecule has 3 aliphatic rings. The average Bonchev–Trinajstić information content (AvgIpc) is 3.44. The van der Waals surface area contributed by atoms with Gasteiger partial charge in [-0.15, -0.1) is 0 Å². The first kappa shape index (κ1) is 22.9. The summed E-state index contributed by atoms with van der Waals surface area (Å²) in [5, 5.41) is 2.73. The predicted molar refractivity (Wildman–Crippen MR) is 123 cm³/mol. The van der Waals surface area contributed by atoms with Crippen molar-refractivity contribution in [1.82, 2.24) is 10.2 Å². The molecular formula is C26H26N2O7. The van der Waals surface area contributed by atoms with Gasteiger partial charge in [-0.2, -0.15) is 0 Å². The van der Waals surface area contributed by atoms with Crippen molar-refractivity contribution in [2.75, 3.05) is 6.79 Å². The van der Waals surface area contributed by atoms with Crippen LogP contribution >= 0.6 is 0 Å². The third-order valence-corrected chi connectivity index (χ3v) is 6.65. The molecule has 1 saturated carbocycles. The first-order valence-electron chi connectivity index (χ1n) is 11.8. The van der Waals surface area contributed by atoms with E-state index in [2.05, 4.69) is 5.32 Å². The van der Waals surface area contributed by atoms with E-state index in [0.29, 0.717) is 17.1 Å². The number of rotatable bonds is 6. The summed E-state index contributed by atoms with van der Waals surface area (Å²) in [4.78, 5) is 52.3. The van der Waals surface area contributed by atoms with Gasteiger partial charge in [0.1, 0.15) is 0 Å². The molecule has 5 rings (SSSR count). The molecule has 182 valence electrons. The summed E-state index contributed by atoms with van der Waals surface area (Å²) in [6.45, 7) is 1.86. The van der Waals surface area contributed by atoms with Gasteiger partial charge in [0.25, 0.3) is 17.7 Å². The van der Waals surface area contributed by atoms with Crippen LogP contribution < -0.4 is 14.8 Å². The number of carbonyl (C=O) groups is 4. The van der Waals surface area contributed by atoms with Crippen molar-refractivity contribution >= 4 is 23.7 Å². The van der Waals surface area contributed by atoms with Crippen LogP contribution in [-0.2, 0) is 16.1 Å². The molecule has 0 spiro atoms. The average molecular weight is 479 g/mol. The Morgan fingerprint density at radius 3 is 2.54 bits per heavy atom. The third-order valence-electron chi connectivity index (χ3n) is 6.65. The maximum Gasteiger partial charge on any atom is 0.338 e. The molecule has 3 amide bonds. The lowest BCUT2D eigenvalue weighted by atomic mass is 9.94. The van der Waals surface area contributed by atoms with E-state index >= 15 is 0 Å². The zero-order valence-electron chi connectivity index (χ0n) is 19.4. The number of benzene rings is 2. The molecule has 35 heavy (non-hydrogen) atoms. The van der Waals surface area contributed by atoms with Gasteiger partial charge in [-0.25, -0.2) is 4.79 Å². The van der Waals surface area contributed by atoms with Crippen LogP contribution in [-0.4, -0.2) is 47.5 Å². The second-order valence-electron chi connectivity index (χ2n) is 8.99. The summed E-state index contributed by atoms with van der Waals surface area (Å²) in [6, 6.07) is 9.58. The van der Waals surface area contributed by atoms with Crippen molar-refractivity contribution in [3.05, 3.63) is 58.7 Å². The van der Waals surface area contributed by atoms with Gasteiger partial charge in [0.05, 0.1) is 16.7 Å². The molecule has 1 atom stereocenters. The minimum atomic E-state index is -1.05. The molecule has 2 aliphatic heterocycles. The fourth-order valence-corrected chi connectivity index (χ4v) is 4.72. The number of nitrogens with zero attached hydrogens (tertiary/aromatic N) is 1. The summed E-state index contributed by atoms with van der Waals surface area (Å²) in [7, 11) is 0. The quantitative estimate of drug-likeness (QED) is 0.501. The van der Waals surface area contributed by atoms with Crippen LogP contribution in [0.25, 0.3) is 0 Å². The number of fused-ring (bicyclic) bond motifs is 2. The molecule has 1 unspecified atom stereocenters. The van der Waals surface area contributed by atoms with Crippen LogP contribution in [0.4, 0.5) is 0 Å². The number of hydrogen-bond acceptors (Lipinski definition) is 7. The Kier molecular flexibility index (Phi) is 6.15. The lowest BCUT2D eigenvalue weighted by molar-refractivity contribution is -0.129. The number of amides is 3. The van der Waals surface area contributed by atoms with E-state index < -0.39 is 18.0 Å². The Morgan fingerprint density at radius 1 is 1.00 bits per heavy atom. The summed E-state index contributed by atoms with van der Waals surface area (Å²) >= 11 is 0. The third kappa shape index (κ3) is 4.45. The van der Waals surface area contributed by atoms with E-state index in [4.69, 9.17) is 14.2 Å². The zero-order valence-corrected chi connectivity index (χ0v) is 19.4. The van der Waals surface area contributed by atoms with Gasteiger partial charge in [0, 0.05) is 12.6 Å². The Hall–Kier alpha value is -3.88. The maximum absolute atomic E-state index is 13.0. The second kappa shape index (κ2) is 9.40. The van der Waals surface area contributed by atoms with Crippen LogP contribution in [0.2, 0.25) is 0 Å². The molecule has 0 radical (unpaired) electrons. The number of nitrogens with one attached hydrogen (secondary N) is 1. The van der Waals surface area contributed by atoms with Crippen LogP contribution in [0.1, 0.15) is 75.7 Å². The Bertz CT molecular complexity index is 1200. The molecule has 1 aliphatic carbocycles. The van der Waals surface area contributed by atoms with Gasteiger partial charge < -0.3 is 19.5 Å². The van der Waals surface area contributed by atoms with Crippen molar-refractivity contribution in [2.24, 2.45) is 0 Å². The highest BCUT2D eigenvalue weighted by atomic mass is 16.7. The van der Waals surface area contributed by atoms with Crippen LogP contribution in [0, 0.1) is 0 Å². The molecule has 0 saturated heterocycles. The maximum atomic E-state index is 13.0. The number of esters is 1. The van der Waals surface area contributed by atoms with Gasteiger partial charge in [-0.3, -0.25) is 19.3 Å². The lowest BCUT2D eigenvalue weighted by Crippen LogP contribution is -2.40. The highest BCUT2D eigenvalue weighted by Gasteiger charge is 2.40. The van der Waals surface area contributed by atoms with Gasteiger partial charge >= 0.3 is 5.97 Å². The fraction of sp³-hybridized carbons (Fsp3) is 0.385. The molecule has 2 aromatic carbocycles. The molecule has 0 bridgehead atoms. The molecule has 2 heterocycles. The van der Waals surface area contributed by atoms with E-state index in [1.807, 2.05) is 6.07 Å². The summed E-state index contributed by atoms with van der Waals surface area (Å²) in [6.07, 6.45) is 3.64. The van der Waals surface area contributed by atoms with Crippen molar-refractivity contribution in [1.29, 1.82) is 0 Å². The minimum absolute atomic E-state index is 0.0972. The SMILES string of the molecule is CC(OC(=O)c1ccc2c(c1)C(=O)N(C1CCCCC1)C2=O)C(=O)NCc1ccc2c(c1)OCO2. The molecule has 0 aromatic heterocycles. The monoisotopic (exact) mass is 478 g/mol. The van der Waals surface area contributed by atoms with Crippen molar-refractivity contribution in [2.45, 2.75) is 57.7 Å². The van der Waals surface area contributed by atoms with Crippen molar-refractivity contribution < 1.29 is 33.4 Å². The van der Waals surface area contributed by atoms with Gasteiger partial charge in [-0.05, 0) is 55.7 Å². The molecule has 1 fully saturated rings. The highest BCUT2D eigenvalue weighted by Crippen LogP contribution is 2.33. The van der Waals surface area contributed by atoms with E-state index in [1.54, 1.807) is 12.1 Å². The van der Waals surface area contributed by atoms with Gasteiger partial charge in [0.2, 0.25) is 6.79 Å². The molecule has 9 heteroatoms. The van der Waals surface area contributed by atoms with Crippen molar-refractivity contribution in [3.8, 4) is 11.5 Å². The van der Waals surface area contributed by atoms with E-state index in [1.165, 1.54) is 30.0 Å². The largest absolute Gasteiger partial charge is 0.454 e. The van der Waals surface area contributed by atoms with Gasteiger partial charge in [-0.1, -0.05) is 25.3 Å². The zero-order chi connectivity index (χ0) is 24.5. The Morgan fingerprint density at radius 2 is 1.74 bits per heavy atom. The lowest BCUT2D eigenvalue weighted by Gasteiger charge is -2.29. The number of hydrogen-bond donors (Lipinski definition) is 1. The minimum Gasteiger partial charge on any atom is -0.454 e. The van der Waals surface area contributed by atoms with Crippen LogP contribution in [0.3, 0.4) is 0 Å². The summed E-state index contributed by atoms with van der Waals surface area (Å²) in [5.74, 6) is -0.627. The first-order valence-corrected chi connectivity index (χ1v) is 11.8. The standard InChI is InChI=1S/C26H26N2O7/c1-15(23(29)27-13-16-7-10-21-22(11-16)34-14-33-21)35-26(32)17-8-9-19-20(12-17)25(31)28(24(19)30)18-5-3-2-4-6-18/h7-12,15,18H,2-6,13-14H2,1H3,(H,27,29). The van der Waals surface area contributed by atoms with Crippen LogP contribution in [0.15, 0.2) is 36.4 Å². The Balaban J connectivity index is 1.20.